The molecule has 2 aromatic rings. The Morgan fingerprint density at radius 2 is 1.90 bits per heavy atom. The van der Waals surface area contributed by atoms with Crippen LogP contribution in [0.15, 0.2) is 30.9 Å². The van der Waals surface area contributed by atoms with Crippen molar-refractivity contribution in [1.29, 1.82) is 0 Å². The van der Waals surface area contributed by atoms with Gasteiger partial charge in [0.2, 0.25) is 5.95 Å². The molecule has 1 aliphatic rings. The molecule has 6 heteroatoms. The fourth-order valence-electron chi connectivity index (χ4n) is 2.62. The first kappa shape index (κ1) is 13.9. The highest BCUT2D eigenvalue weighted by atomic mass is 19.1. The highest BCUT2D eigenvalue weighted by Gasteiger charge is 2.31. The molecule has 1 N–H and O–H groups in total. The molecule has 1 saturated carbocycles. The minimum Gasteiger partial charge on any atom is -0.351 e. The molecule has 0 unspecified atom stereocenters. The first-order valence-corrected chi connectivity index (χ1v) is 7.27. The molecule has 0 atom stereocenters. The van der Waals surface area contributed by atoms with Crippen molar-refractivity contribution in [2.75, 3.05) is 11.9 Å². The zero-order valence-electron chi connectivity index (χ0n) is 11.8. The van der Waals surface area contributed by atoms with E-state index in [4.69, 9.17) is 0 Å². The van der Waals surface area contributed by atoms with Crippen molar-refractivity contribution >= 4 is 5.95 Å². The number of anilines is 1. The molecule has 1 fully saturated rings. The number of alkyl halides is 1. The number of nitrogens with one attached hydrogen (secondary N) is 1. The van der Waals surface area contributed by atoms with Gasteiger partial charge in [0.05, 0.1) is 18.4 Å². The van der Waals surface area contributed by atoms with E-state index in [2.05, 4.69) is 25.3 Å². The van der Waals surface area contributed by atoms with E-state index < -0.39 is 5.67 Å². The van der Waals surface area contributed by atoms with E-state index in [0.717, 1.165) is 19.3 Å². The van der Waals surface area contributed by atoms with E-state index in [0.29, 0.717) is 30.2 Å². The van der Waals surface area contributed by atoms with Gasteiger partial charge < -0.3 is 5.32 Å². The normalized spacial score (nSPS) is 17.4. The third-order valence-electron chi connectivity index (χ3n) is 3.79. The van der Waals surface area contributed by atoms with Gasteiger partial charge in [-0.15, -0.1) is 0 Å². The maximum atomic E-state index is 14.5. The number of halogens is 1. The minimum atomic E-state index is -1.13. The van der Waals surface area contributed by atoms with Gasteiger partial charge in [-0.3, -0.25) is 9.97 Å². The van der Waals surface area contributed by atoms with Gasteiger partial charge in [-0.2, -0.15) is 0 Å². The van der Waals surface area contributed by atoms with Crippen LogP contribution in [0, 0.1) is 0 Å². The molecule has 0 radical (unpaired) electrons. The molecule has 0 aliphatic heterocycles. The Balaban J connectivity index is 1.69. The van der Waals surface area contributed by atoms with Gasteiger partial charge in [0.25, 0.3) is 0 Å². The Bertz CT molecular complexity index is 584. The van der Waals surface area contributed by atoms with Gasteiger partial charge >= 0.3 is 0 Å². The summed E-state index contributed by atoms with van der Waals surface area (Å²) in [6.07, 6.45) is 10.8. The molecule has 2 aromatic heterocycles. The second-order valence-corrected chi connectivity index (χ2v) is 5.42. The predicted molar refractivity (Wildman–Crippen MR) is 78.5 cm³/mol. The predicted octanol–water partition coefficient (Wildman–Crippen LogP) is 3.02. The molecule has 0 spiro atoms. The van der Waals surface area contributed by atoms with Crippen LogP contribution in [0.2, 0.25) is 0 Å². The van der Waals surface area contributed by atoms with Crippen LogP contribution < -0.4 is 5.32 Å². The summed E-state index contributed by atoms with van der Waals surface area (Å²) < 4.78 is 14.5. The van der Waals surface area contributed by atoms with Crippen molar-refractivity contribution in [3.05, 3.63) is 30.9 Å². The first-order chi connectivity index (χ1) is 10.3. The quantitative estimate of drug-likeness (QED) is 0.936. The smallest absolute Gasteiger partial charge is 0.223 e. The topological polar surface area (TPSA) is 63.6 Å². The van der Waals surface area contributed by atoms with Crippen LogP contribution in [-0.2, 0) is 0 Å². The summed E-state index contributed by atoms with van der Waals surface area (Å²) in [4.78, 5) is 16.7. The highest BCUT2D eigenvalue weighted by Crippen LogP contribution is 2.31. The van der Waals surface area contributed by atoms with Crippen molar-refractivity contribution < 1.29 is 4.39 Å². The van der Waals surface area contributed by atoms with E-state index in [9.17, 15) is 4.39 Å². The molecule has 2 heterocycles. The van der Waals surface area contributed by atoms with E-state index in [1.807, 2.05) is 0 Å². The van der Waals surface area contributed by atoms with Gasteiger partial charge in [0, 0.05) is 18.6 Å². The van der Waals surface area contributed by atoms with Crippen LogP contribution in [0.4, 0.5) is 10.3 Å². The molecule has 3 rings (SSSR count). The molecule has 5 nitrogen and oxygen atoms in total. The van der Waals surface area contributed by atoms with Gasteiger partial charge in [-0.1, -0.05) is 19.3 Å². The fraction of sp³-hybridized carbons (Fsp3) is 0.467. The number of nitrogens with zero attached hydrogens (tertiary/aromatic N) is 4. The summed E-state index contributed by atoms with van der Waals surface area (Å²) in [6.45, 7) is 0.261. The third-order valence-corrected chi connectivity index (χ3v) is 3.79. The first-order valence-electron chi connectivity index (χ1n) is 7.27. The van der Waals surface area contributed by atoms with Gasteiger partial charge in [-0.05, 0) is 18.9 Å². The third kappa shape index (κ3) is 3.51. The monoisotopic (exact) mass is 287 g/mol. The lowest BCUT2D eigenvalue weighted by Crippen LogP contribution is -2.34. The molecule has 0 bridgehead atoms. The van der Waals surface area contributed by atoms with Crippen LogP contribution >= 0.6 is 0 Å². The van der Waals surface area contributed by atoms with E-state index in [-0.39, 0.29) is 6.54 Å². The Hall–Kier alpha value is -2.11. The Morgan fingerprint density at radius 1 is 1.05 bits per heavy atom. The molecule has 1 aliphatic carbocycles. The Morgan fingerprint density at radius 3 is 2.67 bits per heavy atom. The number of rotatable bonds is 4. The van der Waals surface area contributed by atoms with Gasteiger partial charge in [-0.25, -0.2) is 14.4 Å². The lowest BCUT2D eigenvalue weighted by atomic mass is 9.86. The highest BCUT2D eigenvalue weighted by molar-refractivity contribution is 5.53. The number of hydrogen-bond donors (Lipinski definition) is 1. The van der Waals surface area contributed by atoms with Crippen LogP contribution in [-0.4, -0.2) is 32.1 Å². The van der Waals surface area contributed by atoms with E-state index in [1.54, 1.807) is 30.9 Å². The molecular formula is C15H18FN5. The standard InChI is InChI=1S/C15H18FN5/c16-15(5-2-1-3-6-15)11-20-14-19-7-4-12(21-14)13-10-17-8-9-18-13/h4,7-10H,1-3,5-6,11H2,(H,19,20,21). The lowest BCUT2D eigenvalue weighted by molar-refractivity contribution is 0.122. The number of hydrogen-bond acceptors (Lipinski definition) is 5. The summed E-state index contributed by atoms with van der Waals surface area (Å²) in [7, 11) is 0. The zero-order chi connectivity index (χ0) is 14.5. The van der Waals surface area contributed by atoms with E-state index in [1.165, 1.54) is 0 Å². The average molecular weight is 287 g/mol. The minimum absolute atomic E-state index is 0.261. The summed E-state index contributed by atoms with van der Waals surface area (Å²) in [5, 5.41) is 3.02. The van der Waals surface area contributed by atoms with Crippen molar-refractivity contribution in [2.45, 2.75) is 37.8 Å². The Kier molecular flexibility index (Phi) is 4.03. The maximum Gasteiger partial charge on any atom is 0.223 e. The molecule has 110 valence electrons. The SMILES string of the molecule is FC1(CNc2nccc(-c3cnccn3)n2)CCCCC1. The van der Waals surface area contributed by atoms with Gasteiger partial charge in [0.15, 0.2) is 0 Å². The summed E-state index contributed by atoms with van der Waals surface area (Å²) in [5.74, 6) is 0.431. The number of aromatic nitrogens is 4. The lowest BCUT2D eigenvalue weighted by Gasteiger charge is -2.29. The molecule has 21 heavy (non-hydrogen) atoms. The van der Waals surface area contributed by atoms with Crippen molar-refractivity contribution in [2.24, 2.45) is 0 Å². The summed E-state index contributed by atoms with van der Waals surface area (Å²) in [6, 6.07) is 1.76. The fourth-order valence-corrected chi connectivity index (χ4v) is 2.62. The van der Waals surface area contributed by atoms with Crippen LogP contribution in [0.3, 0.4) is 0 Å². The molecule has 0 amide bonds. The average Bonchev–Trinajstić information content (AvgIpc) is 2.55. The Labute approximate surface area is 123 Å². The summed E-state index contributed by atoms with van der Waals surface area (Å²) >= 11 is 0. The largest absolute Gasteiger partial charge is 0.351 e. The van der Waals surface area contributed by atoms with Crippen molar-refractivity contribution in [1.82, 2.24) is 19.9 Å². The van der Waals surface area contributed by atoms with Crippen molar-refractivity contribution in [3.63, 3.8) is 0 Å². The van der Waals surface area contributed by atoms with Crippen LogP contribution in [0.1, 0.15) is 32.1 Å². The second-order valence-electron chi connectivity index (χ2n) is 5.42. The summed E-state index contributed by atoms with van der Waals surface area (Å²) in [5.41, 5.74) is 0.220. The van der Waals surface area contributed by atoms with E-state index >= 15 is 0 Å². The second kappa shape index (κ2) is 6.11. The molecular weight excluding hydrogens is 269 g/mol. The zero-order valence-corrected chi connectivity index (χ0v) is 11.8. The van der Waals surface area contributed by atoms with Crippen LogP contribution in [0.25, 0.3) is 11.4 Å². The maximum absolute atomic E-state index is 14.5. The van der Waals surface area contributed by atoms with Crippen molar-refractivity contribution in [3.8, 4) is 11.4 Å². The molecule has 0 saturated heterocycles. The van der Waals surface area contributed by atoms with Crippen LogP contribution in [0.5, 0.6) is 0 Å². The van der Waals surface area contributed by atoms with Gasteiger partial charge in [0.1, 0.15) is 11.4 Å². The molecule has 0 aromatic carbocycles.